The second-order valence-electron chi connectivity index (χ2n) is 6.45. The summed E-state index contributed by atoms with van der Waals surface area (Å²) in [6.45, 7) is 4.31. The van der Waals surface area contributed by atoms with Crippen LogP contribution in [-0.2, 0) is 13.2 Å². The third-order valence-corrected chi connectivity index (χ3v) is 5.96. The van der Waals surface area contributed by atoms with E-state index in [1.54, 1.807) is 0 Å². The van der Waals surface area contributed by atoms with Crippen LogP contribution in [0.3, 0.4) is 0 Å². The molecule has 0 spiro atoms. The van der Waals surface area contributed by atoms with Gasteiger partial charge in [-0.05, 0) is 25.7 Å². The van der Waals surface area contributed by atoms with E-state index < -0.39 is 0 Å². The molecule has 0 saturated heterocycles. The van der Waals surface area contributed by atoms with Crippen LogP contribution in [0.4, 0.5) is 0 Å². The lowest BCUT2D eigenvalue weighted by atomic mass is 10.1. The third kappa shape index (κ3) is 21.1. The third-order valence-electron chi connectivity index (χ3n) is 3.72. The lowest BCUT2D eigenvalue weighted by molar-refractivity contribution is -0.111. The van der Waals surface area contributed by atoms with Crippen LogP contribution in [0.25, 0.3) is 0 Å². The summed E-state index contributed by atoms with van der Waals surface area (Å²) in [5.74, 6) is 0. The lowest BCUT2D eigenvalue weighted by Crippen LogP contribution is -1.95. The molecular formula is C18H32Br2O3S2. The van der Waals surface area contributed by atoms with Gasteiger partial charge in [0.1, 0.15) is 0 Å². The Bertz CT molecular complexity index is 321. The maximum absolute atomic E-state index is 11.7. The van der Waals surface area contributed by atoms with Gasteiger partial charge in [0.05, 0.1) is 24.1 Å². The van der Waals surface area contributed by atoms with Crippen LogP contribution in [0.15, 0.2) is 0 Å². The first kappa shape index (κ1) is 26.0. The van der Waals surface area contributed by atoms with Gasteiger partial charge in [0.2, 0.25) is 10.2 Å². The Labute approximate surface area is 179 Å². The number of rotatable bonds is 16. The van der Waals surface area contributed by atoms with Gasteiger partial charge in [0.25, 0.3) is 0 Å². The van der Waals surface area contributed by atoms with Gasteiger partial charge in [-0.1, -0.05) is 84.2 Å². The van der Waals surface area contributed by atoms with Crippen molar-refractivity contribution in [3.05, 3.63) is 0 Å². The molecule has 2 atom stereocenters. The predicted molar refractivity (Wildman–Crippen MR) is 118 cm³/mol. The second-order valence-corrected chi connectivity index (χ2v) is 11.4. The van der Waals surface area contributed by atoms with E-state index in [1.165, 1.54) is 25.7 Å². The molecule has 3 nitrogen and oxygen atoms in total. The second kappa shape index (κ2) is 18.3. The first-order chi connectivity index (χ1) is 11.9. The summed E-state index contributed by atoms with van der Waals surface area (Å²) in [5, 5.41) is 0.0242. The fourth-order valence-corrected chi connectivity index (χ4v) is 4.12. The highest BCUT2D eigenvalue weighted by Gasteiger charge is 2.09. The van der Waals surface area contributed by atoms with Crippen molar-refractivity contribution in [2.45, 2.75) is 101 Å². The number of hydrogen-bond acceptors (Lipinski definition) is 5. The number of halogens is 2. The van der Waals surface area contributed by atoms with E-state index in [4.69, 9.17) is 3.63 Å². The molecule has 0 amide bonds. The SMILES string of the molecule is CC(Br)CCCCCCC(=O)SOSC(=O)CCCCCCC(C)Br. The maximum atomic E-state index is 11.7. The van der Waals surface area contributed by atoms with E-state index in [9.17, 15) is 9.59 Å². The topological polar surface area (TPSA) is 43.4 Å². The van der Waals surface area contributed by atoms with Crippen LogP contribution in [-0.4, -0.2) is 19.9 Å². The standard InChI is InChI=1S/C18H32Br2O3S2/c1-15(19)11-7-3-5-9-13-17(21)24-23-25-18(22)14-10-6-4-8-12-16(2)20/h15-16H,3-14H2,1-2H3. The predicted octanol–water partition coefficient (Wildman–Crippen LogP) is 7.60. The van der Waals surface area contributed by atoms with Crippen molar-refractivity contribution in [3.63, 3.8) is 0 Å². The van der Waals surface area contributed by atoms with E-state index >= 15 is 0 Å². The van der Waals surface area contributed by atoms with E-state index in [-0.39, 0.29) is 10.2 Å². The molecule has 0 heterocycles. The molecule has 25 heavy (non-hydrogen) atoms. The van der Waals surface area contributed by atoms with Crippen LogP contribution >= 0.6 is 55.9 Å². The van der Waals surface area contributed by atoms with Gasteiger partial charge in [-0.25, -0.2) is 3.63 Å². The largest absolute Gasteiger partial charge is 0.285 e. The molecule has 0 radical (unpaired) electrons. The Kier molecular flexibility index (Phi) is 19.0. The van der Waals surface area contributed by atoms with Crippen LogP contribution in [0.1, 0.15) is 90.9 Å². The smallest absolute Gasteiger partial charge is 0.216 e. The molecule has 0 saturated carbocycles. The Hall–Kier alpha value is 0.960. The zero-order valence-corrected chi connectivity index (χ0v) is 20.2. The fraction of sp³-hybridized carbons (Fsp3) is 0.889. The van der Waals surface area contributed by atoms with Crippen molar-refractivity contribution >= 4 is 66.2 Å². The van der Waals surface area contributed by atoms with E-state index in [2.05, 4.69) is 45.7 Å². The van der Waals surface area contributed by atoms with E-state index in [0.29, 0.717) is 22.5 Å². The van der Waals surface area contributed by atoms with Crippen LogP contribution < -0.4 is 0 Å². The van der Waals surface area contributed by atoms with Crippen molar-refractivity contribution in [2.24, 2.45) is 0 Å². The number of unbranched alkanes of at least 4 members (excludes halogenated alkanes) is 6. The van der Waals surface area contributed by atoms with Crippen LogP contribution in [0.2, 0.25) is 0 Å². The van der Waals surface area contributed by atoms with Crippen molar-refractivity contribution in [1.82, 2.24) is 0 Å². The molecule has 0 aliphatic rings. The Morgan fingerprint density at radius 2 is 1.08 bits per heavy atom. The monoisotopic (exact) mass is 518 g/mol. The Morgan fingerprint density at radius 3 is 1.44 bits per heavy atom. The summed E-state index contributed by atoms with van der Waals surface area (Å²) in [5.41, 5.74) is 0. The zero-order valence-electron chi connectivity index (χ0n) is 15.4. The quantitative estimate of drug-likeness (QED) is 0.119. The number of hydrogen-bond donors (Lipinski definition) is 0. The van der Waals surface area contributed by atoms with Crippen molar-refractivity contribution < 1.29 is 13.2 Å². The van der Waals surface area contributed by atoms with Crippen LogP contribution in [0, 0.1) is 0 Å². The highest BCUT2D eigenvalue weighted by Crippen LogP contribution is 2.22. The molecular weight excluding hydrogens is 488 g/mol. The first-order valence-corrected chi connectivity index (χ1v) is 12.6. The van der Waals surface area contributed by atoms with E-state index in [0.717, 1.165) is 62.6 Å². The molecule has 0 aromatic rings. The normalized spacial score (nSPS) is 13.6. The molecule has 7 heteroatoms. The zero-order chi connectivity index (χ0) is 18.9. The molecule has 0 rings (SSSR count). The number of carbonyl (C=O) groups is 2. The fourth-order valence-electron chi connectivity index (χ4n) is 2.27. The number of carbonyl (C=O) groups excluding carboxylic acids is 2. The summed E-state index contributed by atoms with van der Waals surface area (Å²) in [6, 6.07) is 0. The summed E-state index contributed by atoms with van der Waals surface area (Å²) in [7, 11) is 0. The molecule has 148 valence electrons. The van der Waals surface area contributed by atoms with Gasteiger partial charge in [0, 0.05) is 22.5 Å². The highest BCUT2D eigenvalue weighted by atomic mass is 79.9. The Morgan fingerprint density at radius 1 is 0.720 bits per heavy atom. The summed E-state index contributed by atoms with van der Waals surface area (Å²) >= 11 is 8.69. The molecule has 0 aliphatic carbocycles. The number of alkyl halides is 2. The molecule has 0 aliphatic heterocycles. The van der Waals surface area contributed by atoms with Gasteiger partial charge < -0.3 is 0 Å². The maximum Gasteiger partial charge on any atom is 0.216 e. The van der Waals surface area contributed by atoms with Crippen molar-refractivity contribution in [3.8, 4) is 0 Å². The minimum absolute atomic E-state index is 0.0121. The van der Waals surface area contributed by atoms with E-state index in [1.807, 2.05) is 0 Å². The average Bonchev–Trinajstić information content (AvgIpc) is 2.53. The first-order valence-electron chi connectivity index (χ1n) is 9.26. The summed E-state index contributed by atoms with van der Waals surface area (Å²) in [6.07, 6.45) is 12.1. The Balaban J connectivity index is 3.38. The van der Waals surface area contributed by atoms with Gasteiger partial charge in [-0.2, -0.15) is 0 Å². The minimum Gasteiger partial charge on any atom is -0.285 e. The minimum atomic E-state index is 0.0121. The van der Waals surface area contributed by atoms with Gasteiger partial charge >= 0.3 is 0 Å². The average molecular weight is 520 g/mol. The molecule has 2 unspecified atom stereocenters. The van der Waals surface area contributed by atoms with Crippen molar-refractivity contribution in [2.75, 3.05) is 0 Å². The molecule has 0 aromatic carbocycles. The molecule has 0 N–H and O–H groups in total. The van der Waals surface area contributed by atoms with Gasteiger partial charge in [0.15, 0.2) is 0 Å². The van der Waals surface area contributed by atoms with Gasteiger partial charge in [-0.3, -0.25) is 9.59 Å². The van der Waals surface area contributed by atoms with Crippen LogP contribution in [0.5, 0.6) is 0 Å². The lowest BCUT2D eigenvalue weighted by Gasteiger charge is -2.04. The molecule has 0 aromatic heterocycles. The summed E-state index contributed by atoms with van der Waals surface area (Å²) < 4.78 is 5.10. The van der Waals surface area contributed by atoms with Crippen molar-refractivity contribution in [1.29, 1.82) is 0 Å². The molecule has 0 bridgehead atoms. The molecule has 0 fully saturated rings. The van der Waals surface area contributed by atoms with Gasteiger partial charge in [-0.15, -0.1) is 0 Å². The summed E-state index contributed by atoms with van der Waals surface area (Å²) in [4.78, 5) is 24.5. The highest BCUT2D eigenvalue weighted by molar-refractivity contribution is 9.09.